The first-order chi connectivity index (χ1) is 7.87. The average molecular weight is 272 g/mol. The number of amides is 1. The molecule has 0 heterocycles. The highest BCUT2D eigenvalue weighted by atomic mass is 35.5. The molecule has 0 saturated heterocycles. The van der Waals surface area contributed by atoms with Gasteiger partial charge in [-0.25, -0.2) is 5.43 Å². The molecule has 5 nitrogen and oxygen atoms in total. The molecule has 0 aliphatic rings. The predicted octanol–water partition coefficient (Wildman–Crippen LogP) is 0.338. The second-order valence-corrected chi connectivity index (χ2v) is 4.81. The van der Waals surface area contributed by atoms with E-state index in [1.54, 1.807) is 12.1 Å². The van der Waals surface area contributed by atoms with Gasteiger partial charge in [0.1, 0.15) is 0 Å². The highest BCUT2D eigenvalue weighted by Gasteiger charge is 2.12. The molecule has 100 valence electrons. The number of halogens is 1. The third kappa shape index (κ3) is 6.88. The lowest BCUT2D eigenvalue weighted by Gasteiger charge is -2.21. The fraction of sp³-hybridized carbons (Fsp3) is 0.333. The first-order valence-corrected chi connectivity index (χ1v) is 5.26. The molecule has 1 amide bonds. The number of nitrogens with zero attached hydrogens (tertiary/aromatic N) is 2. The minimum Gasteiger partial charge on any atom is -0.872 e. The van der Waals surface area contributed by atoms with Gasteiger partial charge in [-0.2, -0.15) is 5.10 Å². The van der Waals surface area contributed by atoms with Gasteiger partial charge >= 0.3 is 0 Å². The van der Waals surface area contributed by atoms with E-state index in [4.69, 9.17) is 0 Å². The number of rotatable bonds is 4. The molecular weight excluding hydrogens is 254 g/mol. The summed E-state index contributed by atoms with van der Waals surface area (Å²) in [6, 6.07) is 6.32. The molecule has 1 N–H and O–H groups in total. The number of likely N-dealkylation sites (N-methyl/N-ethyl adjacent to an activating group) is 1. The van der Waals surface area contributed by atoms with Crippen molar-refractivity contribution < 1.29 is 14.4 Å². The fourth-order valence-corrected chi connectivity index (χ4v) is 1.24. The van der Waals surface area contributed by atoms with Crippen molar-refractivity contribution in [2.75, 3.05) is 27.7 Å². The Morgan fingerprint density at radius 1 is 1.44 bits per heavy atom. The van der Waals surface area contributed by atoms with Crippen molar-refractivity contribution in [3.8, 4) is 5.75 Å². The van der Waals surface area contributed by atoms with Crippen molar-refractivity contribution in [3.05, 3.63) is 29.8 Å². The normalized spacial score (nSPS) is 11.1. The topological polar surface area (TPSA) is 64.5 Å². The Bertz CT molecular complexity index is 428. The van der Waals surface area contributed by atoms with Crippen LogP contribution in [0.1, 0.15) is 5.56 Å². The van der Waals surface area contributed by atoms with Gasteiger partial charge in [-0.05, 0) is 5.56 Å². The first-order valence-electron chi connectivity index (χ1n) is 5.26. The molecule has 0 aromatic heterocycles. The van der Waals surface area contributed by atoms with Gasteiger partial charge in [0.2, 0.25) is 0 Å². The summed E-state index contributed by atoms with van der Waals surface area (Å²) < 4.78 is 0.539. The van der Waals surface area contributed by atoms with Gasteiger partial charge in [-0.3, -0.25) is 4.79 Å². The number of hydrogen-bond donors (Lipinski definition) is 1. The molecule has 0 aliphatic carbocycles. The minimum absolute atomic E-state index is 0. The molecule has 1 aromatic rings. The summed E-state index contributed by atoms with van der Waals surface area (Å²) in [5, 5.41) is 14.8. The van der Waals surface area contributed by atoms with Gasteiger partial charge < -0.3 is 9.59 Å². The maximum Gasteiger partial charge on any atom is 0.295 e. The molecule has 1 rings (SSSR count). The lowest BCUT2D eigenvalue weighted by molar-refractivity contribution is -0.862. The molecule has 0 saturated carbocycles. The molecule has 0 fully saturated rings. The second kappa shape index (κ2) is 6.98. The van der Waals surface area contributed by atoms with Crippen molar-refractivity contribution in [2.24, 2.45) is 5.10 Å². The number of quaternary nitrogens is 1. The van der Waals surface area contributed by atoms with Crippen LogP contribution >= 0.6 is 12.4 Å². The number of benzene rings is 1. The predicted molar refractivity (Wildman–Crippen MR) is 71.8 cm³/mol. The standard InChI is InChI=1S/C12H17N3O2.ClH/c1-15(2,3)9-12(17)14-13-8-10-5-4-6-11(16)7-10;/h4-8H,9H2,1-3H3,(H-,14,16,17);1H/b13-8+;. The zero-order valence-corrected chi connectivity index (χ0v) is 11.5. The molecule has 1 aromatic carbocycles. The van der Waals surface area contributed by atoms with Gasteiger partial charge in [0.25, 0.3) is 5.91 Å². The van der Waals surface area contributed by atoms with E-state index in [9.17, 15) is 9.90 Å². The van der Waals surface area contributed by atoms with Crippen LogP contribution in [0.15, 0.2) is 29.4 Å². The summed E-state index contributed by atoms with van der Waals surface area (Å²) in [7, 11) is 5.76. The van der Waals surface area contributed by atoms with E-state index in [-0.39, 0.29) is 24.1 Å². The quantitative estimate of drug-likeness (QED) is 0.488. The highest BCUT2D eigenvalue weighted by Crippen LogP contribution is 2.05. The summed E-state index contributed by atoms with van der Waals surface area (Å²) in [4.78, 5) is 11.4. The Morgan fingerprint density at radius 3 is 2.67 bits per heavy atom. The smallest absolute Gasteiger partial charge is 0.295 e. The van der Waals surface area contributed by atoms with Crippen molar-refractivity contribution in [1.82, 2.24) is 5.43 Å². The van der Waals surface area contributed by atoms with Crippen LogP contribution in [-0.2, 0) is 4.79 Å². The SMILES string of the molecule is C[N+](C)(C)CC(=O)N/N=C/c1cccc([O-])c1.Cl. The molecule has 0 unspecified atom stereocenters. The number of nitrogens with one attached hydrogen (secondary N) is 1. The number of carbonyl (C=O) groups is 1. The van der Waals surface area contributed by atoms with E-state index in [2.05, 4.69) is 10.5 Å². The molecule has 18 heavy (non-hydrogen) atoms. The van der Waals surface area contributed by atoms with Crippen LogP contribution in [0.2, 0.25) is 0 Å². The van der Waals surface area contributed by atoms with Crippen molar-refractivity contribution in [1.29, 1.82) is 0 Å². The van der Waals surface area contributed by atoms with Gasteiger partial charge in [0, 0.05) is 0 Å². The lowest BCUT2D eigenvalue weighted by atomic mass is 10.2. The third-order valence-electron chi connectivity index (χ3n) is 1.88. The Hall–Kier alpha value is -1.59. The van der Waals surface area contributed by atoms with Crippen LogP contribution < -0.4 is 10.5 Å². The molecule has 0 aliphatic heterocycles. The van der Waals surface area contributed by atoms with Gasteiger partial charge in [0.15, 0.2) is 6.54 Å². The van der Waals surface area contributed by atoms with Gasteiger partial charge in [-0.1, -0.05) is 24.3 Å². The molecule has 6 heteroatoms. The molecule has 0 bridgehead atoms. The lowest BCUT2D eigenvalue weighted by Crippen LogP contribution is -2.43. The maximum absolute atomic E-state index is 11.4. The summed E-state index contributed by atoms with van der Waals surface area (Å²) in [6.45, 7) is 0.346. The van der Waals surface area contributed by atoms with E-state index < -0.39 is 0 Å². The van der Waals surface area contributed by atoms with E-state index in [0.717, 1.165) is 0 Å². The number of hydrogen-bond acceptors (Lipinski definition) is 3. The van der Waals surface area contributed by atoms with Gasteiger partial charge in [-0.15, -0.1) is 18.2 Å². The maximum atomic E-state index is 11.4. The zero-order valence-electron chi connectivity index (χ0n) is 10.7. The van der Waals surface area contributed by atoms with Crippen molar-refractivity contribution in [2.45, 2.75) is 0 Å². The van der Waals surface area contributed by atoms with Crippen LogP contribution in [0, 0.1) is 0 Å². The van der Waals surface area contributed by atoms with Crippen LogP contribution in [0.5, 0.6) is 5.75 Å². The fourth-order valence-electron chi connectivity index (χ4n) is 1.24. The Morgan fingerprint density at radius 2 is 2.11 bits per heavy atom. The van der Waals surface area contributed by atoms with E-state index >= 15 is 0 Å². The molecular formula is C12H18ClN3O2. The summed E-state index contributed by atoms with van der Waals surface area (Å²) in [5.74, 6) is -0.237. The molecule has 0 radical (unpaired) electrons. The largest absolute Gasteiger partial charge is 0.872 e. The zero-order chi connectivity index (χ0) is 12.9. The van der Waals surface area contributed by atoms with Crippen molar-refractivity contribution in [3.63, 3.8) is 0 Å². The van der Waals surface area contributed by atoms with Crippen LogP contribution in [-0.4, -0.2) is 44.3 Å². The number of carbonyl (C=O) groups excluding carboxylic acids is 1. The highest BCUT2D eigenvalue weighted by molar-refractivity contribution is 5.85. The van der Waals surface area contributed by atoms with E-state index in [1.165, 1.54) is 18.3 Å². The van der Waals surface area contributed by atoms with E-state index in [0.29, 0.717) is 16.6 Å². The monoisotopic (exact) mass is 271 g/mol. The summed E-state index contributed by atoms with van der Waals surface area (Å²) in [6.07, 6.45) is 1.45. The summed E-state index contributed by atoms with van der Waals surface area (Å²) >= 11 is 0. The molecule has 0 atom stereocenters. The van der Waals surface area contributed by atoms with Gasteiger partial charge in [0.05, 0.1) is 27.4 Å². The number of hydrazone groups is 1. The first kappa shape index (κ1) is 16.4. The molecule has 0 spiro atoms. The summed E-state index contributed by atoms with van der Waals surface area (Å²) in [5.41, 5.74) is 3.09. The Kier molecular flexibility index (Phi) is 6.36. The Labute approximate surface area is 113 Å². The van der Waals surface area contributed by atoms with Crippen LogP contribution in [0.3, 0.4) is 0 Å². The average Bonchev–Trinajstić information content (AvgIpc) is 2.14. The van der Waals surface area contributed by atoms with E-state index in [1.807, 2.05) is 21.1 Å². The van der Waals surface area contributed by atoms with Crippen LogP contribution in [0.25, 0.3) is 0 Å². The van der Waals surface area contributed by atoms with Crippen LogP contribution in [0.4, 0.5) is 0 Å². The Balaban J connectivity index is 0.00000289. The third-order valence-corrected chi connectivity index (χ3v) is 1.88. The minimum atomic E-state index is -0.160. The van der Waals surface area contributed by atoms with Crippen molar-refractivity contribution >= 4 is 24.5 Å². The second-order valence-electron chi connectivity index (χ2n) is 4.81.